The molecule has 0 aliphatic rings. The van der Waals surface area contributed by atoms with Crippen LogP contribution in [0.25, 0.3) is 0 Å². The topological polar surface area (TPSA) is 38.7 Å². The van der Waals surface area contributed by atoms with E-state index in [0.717, 1.165) is 0 Å². The second kappa shape index (κ2) is 4.72. The van der Waals surface area contributed by atoms with Crippen LogP contribution in [-0.4, -0.2) is 12.5 Å². The maximum Gasteiger partial charge on any atom is 0.149 e. The van der Waals surface area contributed by atoms with Gasteiger partial charge >= 0.3 is 0 Å². The van der Waals surface area contributed by atoms with Gasteiger partial charge in [0.2, 0.25) is 0 Å². The number of hydrogen-bond donors (Lipinski definition) is 0. The van der Waals surface area contributed by atoms with Gasteiger partial charge in [0.25, 0.3) is 0 Å². The second-order valence-electron chi connectivity index (χ2n) is 2.10. The average Bonchev–Trinajstić information content (AvgIpc) is 2.15. The molecule has 64 valence electrons. The lowest BCUT2D eigenvalue weighted by Gasteiger charge is -2.03. The molecule has 0 aromatic heterocycles. The van der Waals surface area contributed by atoms with E-state index in [1.54, 1.807) is 24.3 Å². The highest BCUT2D eigenvalue weighted by Gasteiger charge is 2.00. The smallest absolute Gasteiger partial charge is 0.149 e. The van der Waals surface area contributed by atoms with Gasteiger partial charge < -0.3 is 4.74 Å². The van der Waals surface area contributed by atoms with E-state index < -0.39 is 0 Å². The molecule has 0 saturated carbocycles. The lowest BCUT2D eigenvalue weighted by atomic mass is 10.3. The van der Waals surface area contributed by atoms with Gasteiger partial charge in [-0.05, 0) is 17.3 Å². The summed E-state index contributed by atoms with van der Waals surface area (Å²) in [5.74, 6) is 0.876. The Hall–Kier alpha value is -1.09. The van der Waals surface area contributed by atoms with Crippen molar-refractivity contribution in [3.8, 4) is 5.75 Å². The summed E-state index contributed by atoms with van der Waals surface area (Å²) in [6.45, 7) is 0.383. The van der Waals surface area contributed by atoms with Crippen LogP contribution in [0.2, 0.25) is 0 Å². The number of benzene rings is 1. The zero-order valence-corrected chi connectivity index (χ0v) is 7.12. The van der Waals surface area contributed by atoms with Gasteiger partial charge in [0, 0.05) is 0 Å². The summed E-state index contributed by atoms with van der Waals surface area (Å²) >= 11 is 5.41. The fraction of sp³-hybridized carbons (Fsp3) is 0.250. The Bertz CT molecular complexity index is 265. The quantitative estimate of drug-likeness (QED) is 0.535. The highest BCUT2D eigenvalue weighted by molar-refractivity contribution is 6.18. The Kier molecular flexibility index (Phi) is 3.54. The molecular weight excluding hydrogens is 178 g/mol. The van der Waals surface area contributed by atoms with E-state index in [1.807, 2.05) is 0 Å². The number of alkyl halides is 1. The highest BCUT2D eigenvalue weighted by atomic mass is 35.5. The van der Waals surface area contributed by atoms with Crippen molar-refractivity contribution in [3.05, 3.63) is 29.2 Å². The standard InChI is InChI=1S/C8H8ClNO2/c9-5-6-12-8-4-2-1-3-7(8)10-11/h1-4H,5-6H2. The van der Waals surface area contributed by atoms with E-state index in [-0.39, 0.29) is 0 Å². The molecule has 0 aliphatic carbocycles. The molecule has 0 atom stereocenters. The molecule has 1 aromatic carbocycles. The molecule has 1 aromatic rings. The van der Waals surface area contributed by atoms with Crippen molar-refractivity contribution in [2.24, 2.45) is 5.18 Å². The molecule has 3 nitrogen and oxygen atoms in total. The van der Waals surface area contributed by atoms with Gasteiger partial charge in [0.1, 0.15) is 18.0 Å². The number of hydrogen-bond acceptors (Lipinski definition) is 3. The normalized spacial score (nSPS) is 9.42. The summed E-state index contributed by atoms with van der Waals surface area (Å²) in [6, 6.07) is 6.78. The van der Waals surface area contributed by atoms with Crippen LogP contribution in [0, 0.1) is 4.91 Å². The Morgan fingerprint density at radius 3 is 2.83 bits per heavy atom. The minimum atomic E-state index is 0.308. The van der Waals surface area contributed by atoms with Gasteiger partial charge in [-0.15, -0.1) is 16.5 Å². The first kappa shape index (κ1) is 9.00. The molecule has 0 radical (unpaired) electrons. The largest absolute Gasteiger partial charge is 0.490 e. The van der Waals surface area contributed by atoms with Gasteiger partial charge in [-0.3, -0.25) is 0 Å². The first-order chi connectivity index (χ1) is 5.88. The molecule has 0 bridgehead atoms. The zero-order chi connectivity index (χ0) is 8.81. The molecule has 0 saturated heterocycles. The summed E-state index contributed by atoms with van der Waals surface area (Å²) in [5, 5.41) is 2.81. The third-order valence-corrected chi connectivity index (χ3v) is 1.45. The van der Waals surface area contributed by atoms with Crippen LogP contribution >= 0.6 is 11.6 Å². The number of nitroso groups, excluding NO2 is 1. The number of para-hydroxylation sites is 1. The molecule has 0 aliphatic heterocycles. The third kappa shape index (κ3) is 2.20. The van der Waals surface area contributed by atoms with Crippen LogP contribution < -0.4 is 4.74 Å². The lowest BCUT2D eigenvalue weighted by Crippen LogP contribution is -1.97. The maximum atomic E-state index is 10.2. The van der Waals surface area contributed by atoms with Gasteiger partial charge in [-0.25, -0.2) is 0 Å². The van der Waals surface area contributed by atoms with Crippen LogP contribution in [-0.2, 0) is 0 Å². The predicted octanol–water partition coefficient (Wildman–Crippen LogP) is 2.70. The second-order valence-corrected chi connectivity index (χ2v) is 2.47. The van der Waals surface area contributed by atoms with Crippen LogP contribution in [0.4, 0.5) is 5.69 Å². The molecule has 1 rings (SSSR count). The Morgan fingerprint density at radius 1 is 1.42 bits per heavy atom. The molecule has 0 N–H and O–H groups in total. The number of ether oxygens (including phenoxy) is 1. The minimum Gasteiger partial charge on any atom is -0.490 e. The summed E-state index contributed by atoms with van der Waals surface area (Å²) in [6.07, 6.45) is 0. The number of rotatable bonds is 4. The van der Waals surface area contributed by atoms with Gasteiger partial charge in [-0.1, -0.05) is 12.1 Å². The SMILES string of the molecule is O=Nc1ccccc1OCCCl. The van der Waals surface area contributed by atoms with Crippen molar-refractivity contribution in [2.45, 2.75) is 0 Å². The molecule has 4 heteroatoms. The van der Waals surface area contributed by atoms with Gasteiger partial charge in [0.15, 0.2) is 0 Å². The van der Waals surface area contributed by atoms with E-state index in [0.29, 0.717) is 23.9 Å². The highest BCUT2D eigenvalue weighted by Crippen LogP contribution is 2.25. The Labute approximate surface area is 75.3 Å². The third-order valence-electron chi connectivity index (χ3n) is 1.30. The summed E-state index contributed by atoms with van der Waals surface area (Å²) < 4.78 is 5.15. The first-order valence-electron chi connectivity index (χ1n) is 3.49. The van der Waals surface area contributed by atoms with E-state index in [2.05, 4.69) is 5.18 Å². The maximum absolute atomic E-state index is 10.2. The zero-order valence-electron chi connectivity index (χ0n) is 6.37. The molecule has 0 heterocycles. The van der Waals surface area contributed by atoms with Crippen molar-refractivity contribution < 1.29 is 4.74 Å². The van der Waals surface area contributed by atoms with Crippen LogP contribution in [0.5, 0.6) is 5.75 Å². The van der Waals surface area contributed by atoms with E-state index in [9.17, 15) is 4.91 Å². The average molecular weight is 186 g/mol. The molecule has 12 heavy (non-hydrogen) atoms. The minimum absolute atomic E-state index is 0.308. The summed E-state index contributed by atoms with van der Waals surface area (Å²) in [7, 11) is 0. The number of halogens is 1. The van der Waals surface area contributed by atoms with E-state index in [4.69, 9.17) is 16.3 Å². The fourth-order valence-corrected chi connectivity index (χ4v) is 0.880. The Balaban J connectivity index is 2.75. The van der Waals surface area contributed by atoms with Crippen LogP contribution in [0.3, 0.4) is 0 Å². The molecular formula is C8H8ClNO2. The predicted molar refractivity (Wildman–Crippen MR) is 48.1 cm³/mol. The molecule has 0 amide bonds. The van der Waals surface area contributed by atoms with E-state index in [1.165, 1.54) is 0 Å². The molecule has 0 spiro atoms. The van der Waals surface area contributed by atoms with Gasteiger partial charge in [0.05, 0.1) is 5.88 Å². The van der Waals surface area contributed by atoms with Crippen molar-refractivity contribution in [1.29, 1.82) is 0 Å². The van der Waals surface area contributed by atoms with Crippen molar-refractivity contribution in [2.75, 3.05) is 12.5 Å². The van der Waals surface area contributed by atoms with E-state index >= 15 is 0 Å². The molecule has 0 fully saturated rings. The fourth-order valence-electron chi connectivity index (χ4n) is 0.803. The van der Waals surface area contributed by atoms with Gasteiger partial charge in [-0.2, -0.15) is 0 Å². The van der Waals surface area contributed by atoms with Crippen LogP contribution in [0.1, 0.15) is 0 Å². The number of nitrogens with zero attached hydrogens (tertiary/aromatic N) is 1. The summed E-state index contributed by atoms with van der Waals surface area (Å²) in [5.41, 5.74) is 0.308. The monoisotopic (exact) mass is 185 g/mol. The Morgan fingerprint density at radius 2 is 2.17 bits per heavy atom. The van der Waals surface area contributed by atoms with Crippen molar-refractivity contribution in [1.82, 2.24) is 0 Å². The lowest BCUT2D eigenvalue weighted by molar-refractivity contribution is 0.344. The molecule has 0 unspecified atom stereocenters. The van der Waals surface area contributed by atoms with Crippen LogP contribution in [0.15, 0.2) is 29.4 Å². The summed E-state index contributed by atoms with van der Waals surface area (Å²) in [4.78, 5) is 10.2. The van der Waals surface area contributed by atoms with Crippen molar-refractivity contribution in [3.63, 3.8) is 0 Å². The van der Waals surface area contributed by atoms with Crippen molar-refractivity contribution >= 4 is 17.3 Å². The first-order valence-corrected chi connectivity index (χ1v) is 4.03.